The average Bonchev–Trinajstić information content (AvgIpc) is 2.85. The lowest BCUT2D eigenvalue weighted by Gasteiger charge is -2.15. The zero-order chi connectivity index (χ0) is 18.0. The van der Waals surface area contributed by atoms with E-state index in [9.17, 15) is 18.4 Å². The molecule has 1 heterocycles. The summed E-state index contributed by atoms with van der Waals surface area (Å²) in [5.41, 5.74) is 1.14. The first kappa shape index (κ1) is 16.8. The van der Waals surface area contributed by atoms with Gasteiger partial charge in [-0.05, 0) is 41.8 Å². The smallest absolute Gasteiger partial charge is 0.233 e. The van der Waals surface area contributed by atoms with Crippen LogP contribution in [0.2, 0.25) is 0 Å². The number of rotatable bonds is 4. The van der Waals surface area contributed by atoms with Crippen LogP contribution in [0.3, 0.4) is 0 Å². The van der Waals surface area contributed by atoms with Crippen LogP contribution >= 0.6 is 0 Å². The van der Waals surface area contributed by atoms with Gasteiger partial charge < -0.3 is 0 Å². The van der Waals surface area contributed by atoms with Gasteiger partial charge in [-0.1, -0.05) is 18.2 Å². The van der Waals surface area contributed by atoms with Gasteiger partial charge in [0.2, 0.25) is 11.8 Å². The van der Waals surface area contributed by atoms with Gasteiger partial charge >= 0.3 is 0 Å². The molecular weight excluding hydrogens is 326 g/mol. The SMILES string of the molecule is N#Cc1ccc(CN2C(=O)CC(Cc3ccc(F)cc3)C2=O)cc1F. The van der Waals surface area contributed by atoms with Crippen molar-refractivity contribution in [2.75, 3.05) is 0 Å². The Morgan fingerprint density at radius 3 is 2.40 bits per heavy atom. The van der Waals surface area contributed by atoms with Crippen LogP contribution in [0.5, 0.6) is 0 Å². The summed E-state index contributed by atoms with van der Waals surface area (Å²) < 4.78 is 26.6. The van der Waals surface area contributed by atoms with E-state index in [4.69, 9.17) is 5.26 Å². The summed E-state index contributed by atoms with van der Waals surface area (Å²) in [6, 6.07) is 11.5. The van der Waals surface area contributed by atoms with Gasteiger partial charge in [0.25, 0.3) is 0 Å². The molecule has 0 aliphatic carbocycles. The van der Waals surface area contributed by atoms with E-state index in [-0.39, 0.29) is 36.2 Å². The molecule has 0 bridgehead atoms. The van der Waals surface area contributed by atoms with E-state index in [1.807, 2.05) is 0 Å². The second kappa shape index (κ2) is 6.81. The number of carbonyl (C=O) groups is 2. The predicted molar refractivity (Wildman–Crippen MR) is 84.9 cm³/mol. The minimum absolute atomic E-state index is 0.0276. The topological polar surface area (TPSA) is 61.2 Å². The molecular formula is C19H14F2N2O2. The number of hydrogen-bond acceptors (Lipinski definition) is 3. The van der Waals surface area contributed by atoms with Gasteiger partial charge in [-0.2, -0.15) is 5.26 Å². The van der Waals surface area contributed by atoms with Crippen molar-refractivity contribution in [3.8, 4) is 6.07 Å². The molecule has 1 atom stereocenters. The summed E-state index contributed by atoms with van der Waals surface area (Å²) in [6.07, 6.45) is 0.429. The largest absolute Gasteiger partial charge is 0.278 e. The minimum Gasteiger partial charge on any atom is -0.278 e. The van der Waals surface area contributed by atoms with Gasteiger partial charge in [-0.3, -0.25) is 14.5 Å². The summed E-state index contributed by atoms with van der Waals surface area (Å²) >= 11 is 0. The van der Waals surface area contributed by atoms with Crippen LogP contribution < -0.4 is 0 Å². The van der Waals surface area contributed by atoms with Gasteiger partial charge in [0.05, 0.1) is 18.0 Å². The van der Waals surface area contributed by atoms with Crippen molar-refractivity contribution in [3.63, 3.8) is 0 Å². The molecule has 1 fully saturated rings. The molecule has 25 heavy (non-hydrogen) atoms. The quantitative estimate of drug-likeness (QED) is 0.804. The molecule has 1 unspecified atom stereocenters. The number of halogens is 2. The number of likely N-dealkylation sites (tertiary alicyclic amines) is 1. The molecule has 1 saturated heterocycles. The third-order valence-corrected chi connectivity index (χ3v) is 4.23. The first-order valence-electron chi connectivity index (χ1n) is 7.75. The molecule has 2 aromatic rings. The Kier molecular flexibility index (Phi) is 4.57. The molecule has 0 spiro atoms. The van der Waals surface area contributed by atoms with Crippen LogP contribution in [-0.4, -0.2) is 16.7 Å². The maximum atomic E-state index is 13.7. The predicted octanol–water partition coefficient (Wildman–Crippen LogP) is 2.95. The third kappa shape index (κ3) is 3.56. The summed E-state index contributed by atoms with van der Waals surface area (Å²) in [5.74, 6) is -2.17. The number of carbonyl (C=O) groups excluding carboxylic acids is 2. The summed E-state index contributed by atoms with van der Waals surface area (Å²) in [5, 5.41) is 8.74. The Hall–Kier alpha value is -3.07. The lowest BCUT2D eigenvalue weighted by molar-refractivity contribution is -0.140. The van der Waals surface area contributed by atoms with Crippen molar-refractivity contribution in [2.45, 2.75) is 19.4 Å². The Morgan fingerprint density at radius 1 is 1.08 bits per heavy atom. The molecule has 4 nitrogen and oxygen atoms in total. The molecule has 2 aromatic carbocycles. The summed E-state index contributed by atoms with van der Waals surface area (Å²) in [7, 11) is 0. The Balaban J connectivity index is 1.72. The van der Waals surface area contributed by atoms with Crippen LogP contribution in [0.15, 0.2) is 42.5 Å². The first-order valence-corrected chi connectivity index (χ1v) is 7.75. The van der Waals surface area contributed by atoms with Gasteiger partial charge in [0, 0.05) is 6.42 Å². The summed E-state index contributed by atoms with van der Waals surface area (Å²) in [6.45, 7) is -0.0276. The third-order valence-electron chi connectivity index (χ3n) is 4.23. The number of hydrogen-bond donors (Lipinski definition) is 0. The van der Waals surface area contributed by atoms with E-state index in [1.54, 1.807) is 18.2 Å². The maximum Gasteiger partial charge on any atom is 0.233 e. The number of nitriles is 1. The molecule has 6 heteroatoms. The molecule has 1 aliphatic heterocycles. The van der Waals surface area contributed by atoms with E-state index in [1.165, 1.54) is 24.3 Å². The molecule has 1 aliphatic rings. The van der Waals surface area contributed by atoms with E-state index < -0.39 is 11.7 Å². The van der Waals surface area contributed by atoms with Gasteiger partial charge in [-0.25, -0.2) is 8.78 Å². The second-order valence-corrected chi connectivity index (χ2v) is 5.98. The van der Waals surface area contributed by atoms with Crippen LogP contribution in [0.1, 0.15) is 23.1 Å². The zero-order valence-electron chi connectivity index (χ0n) is 13.2. The lowest BCUT2D eigenvalue weighted by atomic mass is 9.98. The number of imide groups is 1. The monoisotopic (exact) mass is 340 g/mol. The van der Waals surface area contributed by atoms with Gasteiger partial charge in [-0.15, -0.1) is 0 Å². The number of nitrogens with zero attached hydrogens (tertiary/aromatic N) is 2. The minimum atomic E-state index is -0.679. The molecule has 0 aromatic heterocycles. The molecule has 2 amide bonds. The zero-order valence-corrected chi connectivity index (χ0v) is 13.2. The first-order chi connectivity index (χ1) is 12.0. The van der Waals surface area contributed by atoms with E-state index in [2.05, 4.69) is 0 Å². The van der Waals surface area contributed by atoms with Crippen LogP contribution in [0.4, 0.5) is 8.78 Å². The number of benzene rings is 2. The Labute approximate surface area is 143 Å². The van der Waals surface area contributed by atoms with Crippen LogP contribution in [0.25, 0.3) is 0 Å². The average molecular weight is 340 g/mol. The van der Waals surface area contributed by atoms with Crippen molar-refractivity contribution < 1.29 is 18.4 Å². The highest BCUT2D eigenvalue weighted by Gasteiger charge is 2.38. The Morgan fingerprint density at radius 2 is 1.76 bits per heavy atom. The normalized spacial score (nSPS) is 17.0. The number of amides is 2. The molecule has 3 rings (SSSR count). The lowest BCUT2D eigenvalue weighted by Crippen LogP contribution is -2.30. The fourth-order valence-electron chi connectivity index (χ4n) is 2.91. The van der Waals surface area contributed by atoms with Crippen molar-refractivity contribution in [1.29, 1.82) is 5.26 Å². The fraction of sp³-hybridized carbons (Fsp3) is 0.211. The van der Waals surface area contributed by atoms with Gasteiger partial charge in [0.15, 0.2) is 0 Å². The van der Waals surface area contributed by atoms with Gasteiger partial charge in [0.1, 0.15) is 17.7 Å². The fourth-order valence-corrected chi connectivity index (χ4v) is 2.91. The van der Waals surface area contributed by atoms with E-state index in [0.717, 1.165) is 16.5 Å². The van der Waals surface area contributed by atoms with Crippen LogP contribution in [-0.2, 0) is 22.6 Å². The second-order valence-electron chi connectivity index (χ2n) is 5.98. The highest BCUT2D eigenvalue weighted by molar-refractivity contribution is 6.03. The standard InChI is InChI=1S/C19H14F2N2O2/c20-16-5-2-12(3-6-16)7-15-9-18(24)23(19(15)25)11-13-1-4-14(10-22)17(21)8-13/h1-6,8,15H,7,9,11H2. The van der Waals surface area contributed by atoms with Crippen molar-refractivity contribution >= 4 is 11.8 Å². The summed E-state index contributed by atoms with van der Waals surface area (Å²) in [4.78, 5) is 25.7. The van der Waals surface area contributed by atoms with E-state index >= 15 is 0 Å². The Bertz CT molecular complexity index is 872. The van der Waals surface area contributed by atoms with E-state index in [0.29, 0.717) is 12.0 Å². The molecule has 0 N–H and O–H groups in total. The molecule has 126 valence electrons. The highest BCUT2D eigenvalue weighted by atomic mass is 19.1. The highest BCUT2D eigenvalue weighted by Crippen LogP contribution is 2.25. The molecule has 0 radical (unpaired) electrons. The maximum absolute atomic E-state index is 13.7. The van der Waals surface area contributed by atoms with Crippen molar-refractivity contribution in [2.24, 2.45) is 5.92 Å². The van der Waals surface area contributed by atoms with Crippen molar-refractivity contribution in [1.82, 2.24) is 4.90 Å². The van der Waals surface area contributed by atoms with Crippen LogP contribution in [0, 0.1) is 28.9 Å². The van der Waals surface area contributed by atoms with Crippen molar-refractivity contribution in [3.05, 3.63) is 70.8 Å². The molecule has 0 saturated carbocycles.